The van der Waals surface area contributed by atoms with E-state index in [2.05, 4.69) is 10.1 Å². The predicted molar refractivity (Wildman–Crippen MR) is 75.5 cm³/mol. The van der Waals surface area contributed by atoms with Gasteiger partial charge in [0.1, 0.15) is 17.4 Å². The van der Waals surface area contributed by atoms with E-state index in [-0.39, 0.29) is 11.7 Å². The molecule has 0 aromatic heterocycles. The highest BCUT2D eigenvalue weighted by Crippen LogP contribution is 2.23. The molecule has 1 amide bonds. The Morgan fingerprint density at radius 3 is 2.18 bits per heavy atom. The monoisotopic (exact) mass is 315 g/mol. The van der Waals surface area contributed by atoms with Crippen molar-refractivity contribution in [1.29, 1.82) is 0 Å². The summed E-state index contributed by atoms with van der Waals surface area (Å²) in [5.74, 6) is -0.915. The number of carbonyl (C=O) groups excluding carboxylic acids is 2. The molecule has 0 aliphatic heterocycles. The highest BCUT2D eigenvalue weighted by Gasteiger charge is 2.31. The molecular formula is C15H19F2NO4. The van der Waals surface area contributed by atoms with E-state index in [0.29, 0.717) is 5.56 Å². The Labute approximate surface area is 127 Å². The summed E-state index contributed by atoms with van der Waals surface area (Å²) in [7, 11) is 0. The van der Waals surface area contributed by atoms with E-state index in [4.69, 9.17) is 4.74 Å². The number of benzene rings is 1. The van der Waals surface area contributed by atoms with Crippen LogP contribution in [0.15, 0.2) is 24.3 Å². The number of rotatable bonds is 6. The lowest BCUT2D eigenvalue weighted by Crippen LogP contribution is -2.50. The van der Waals surface area contributed by atoms with Crippen LogP contribution in [-0.4, -0.2) is 24.0 Å². The highest BCUT2D eigenvalue weighted by molar-refractivity contribution is 5.86. The van der Waals surface area contributed by atoms with Gasteiger partial charge in [-0.1, -0.05) is 12.1 Å². The maximum Gasteiger partial charge on any atom is 0.387 e. The summed E-state index contributed by atoms with van der Waals surface area (Å²) in [4.78, 5) is 23.1. The van der Waals surface area contributed by atoms with Crippen molar-refractivity contribution in [2.75, 3.05) is 0 Å². The fourth-order valence-corrected chi connectivity index (χ4v) is 1.79. The van der Waals surface area contributed by atoms with Crippen LogP contribution in [0.25, 0.3) is 0 Å². The average Bonchev–Trinajstić information content (AvgIpc) is 2.37. The summed E-state index contributed by atoms with van der Waals surface area (Å²) < 4.78 is 33.6. The molecule has 1 unspecified atom stereocenters. The molecule has 1 aromatic rings. The number of esters is 1. The van der Waals surface area contributed by atoms with Gasteiger partial charge in [-0.05, 0) is 38.5 Å². The third-order valence-electron chi connectivity index (χ3n) is 2.86. The smallest absolute Gasteiger partial charge is 0.387 e. The van der Waals surface area contributed by atoms with Crippen LogP contribution in [0.3, 0.4) is 0 Å². The summed E-state index contributed by atoms with van der Waals surface area (Å²) in [6.07, 6.45) is -0.596. The Bertz CT molecular complexity index is 529. The standard InChI is InChI=1S/C15H19F2NO4/c1-9(21-13(20)15(3,4)18-10(2)19)11-5-7-12(8-6-11)22-14(16)17/h5-9,14H,1-4H3,(H,18,19). The maximum absolute atomic E-state index is 12.1. The Hall–Kier alpha value is -2.18. The van der Waals surface area contributed by atoms with Crippen molar-refractivity contribution >= 4 is 11.9 Å². The zero-order chi connectivity index (χ0) is 16.9. The number of hydrogen-bond donors (Lipinski definition) is 1. The lowest BCUT2D eigenvalue weighted by molar-refractivity contribution is -0.156. The zero-order valence-electron chi connectivity index (χ0n) is 12.9. The van der Waals surface area contributed by atoms with Crippen molar-refractivity contribution < 1.29 is 27.8 Å². The number of alkyl halides is 2. The second-order valence-electron chi connectivity index (χ2n) is 5.30. The second-order valence-corrected chi connectivity index (χ2v) is 5.30. The van der Waals surface area contributed by atoms with Crippen molar-refractivity contribution in [2.45, 2.75) is 45.9 Å². The third-order valence-corrected chi connectivity index (χ3v) is 2.86. The first-order valence-corrected chi connectivity index (χ1v) is 6.66. The summed E-state index contributed by atoms with van der Waals surface area (Å²) in [6, 6.07) is 5.79. The van der Waals surface area contributed by atoms with Gasteiger partial charge in [0.05, 0.1) is 0 Å². The zero-order valence-corrected chi connectivity index (χ0v) is 12.9. The first kappa shape index (κ1) is 17.9. The third kappa shape index (κ3) is 5.31. The molecule has 0 fully saturated rings. The van der Waals surface area contributed by atoms with Gasteiger partial charge in [0.2, 0.25) is 5.91 Å². The van der Waals surface area contributed by atoms with Crippen molar-refractivity contribution in [2.24, 2.45) is 0 Å². The van der Waals surface area contributed by atoms with Crippen LogP contribution >= 0.6 is 0 Å². The van der Waals surface area contributed by atoms with Gasteiger partial charge in [0, 0.05) is 6.92 Å². The number of amides is 1. The molecule has 0 saturated heterocycles. The van der Waals surface area contributed by atoms with E-state index in [1.165, 1.54) is 45.0 Å². The molecule has 1 aromatic carbocycles. The van der Waals surface area contributed by atoms with Gasteiger partial charge in [-0.2, -0.15) is 8.78 Å². The quantitative estimate of drug-likeness (QED) is 0.820. The summed E-state index contributed by atoms with van der Waals surface area (Å²) in [5, 5.41) is 2.49. The van der Waals surface area contributed by atoms with Crippen molar-refractivity contribution in [3.63, 3.8) is 0 Å². The summed E-state index contributed by atoms with van der Waals surface area (Å²) >= 11 is 0. The van der Waals surface area contributed by atoms with E-state index in [1.54, 1.807) is 6.92 Å². The van der Waals surface area contributed by atoms with Crippen LogP contribution in [0.5, 0.6) is 5.75 Å². The first-order valence-electron chi connectivity index (χ1n) is 6.66. The normalized spacial score (nSPS) is 12.7. The molecular weight excluding hydrogens is 296 g/mol. The van der Waals surface area contributed by atoms with Crippen LogP contribution in [0.4, 0.5) is 8.78 Å². The highest BCUT2D eigenvalue weighted by atomic mass is 19.3. The Morgan fingerprint density at radius 2 is 1.73 bits per heavy atom. The molecule has 0 bridgehead atoms. The van der Waals surface area contributed by atoms with E-state index in [0.717, 1.165) is 0 Å². The maximum atomic E-state index is 12.1. The number of ether oxygens (including phenoxy) is 2. The molecule has 0 heterocycles. The molecule has 22 heavy (non-hydrogen) atoms. The van der Waals surface area contributed by atoms with Crippen molar-refractivity contribution in [3.8, 4) is 5.75 Å². The van der Waals surface area contributed by atoms with Crippen molar-refractivity contribution in [1.82, 2.24) is 5.32 Å². The molecule has 0 aliphatic rings. The van der Waals surface area contributed by atoms with Gasteiger partial charge in [-0.15, -0.1) is 0 Å². The minimum Gasteiger partial charge on any atom is -0.456 e. The molecule has 0 saturated carbocycles. The fraction of sp³-hybridized carbons (Fsp3) is 0.467. The van der Waals surface area contributed by atoms with Crippen LogP contribution in [-0.2, 0) is 14.3 Å². The second kappa shape index (κ2) is 7.20. The van der Waals surface area contributed by atoms with Crippen molar-refractivity contribution in [3.05, 3.63) is 29.8 Å². The number of halogens is 2. The Balaban J connectivity index is 2.70. The SMILES string of the molecule is CC(=O)NC(C)(C)C(=O)OC(C)c1ccc(OC(F)F)cc1. The topological polar surface area (TPSA) is 64.6 Å². The van der Waals surface area contributed by atoms with E-state index >= 15 is 0 Å². The van der Waals surface area contributed by atoms with Gasteiger partial charge in [0.15, 0.2) is 0 Å². The average molecular weight is 315 g/mol. The van der Waals surface area contributed by atoms with Crippen LogP contribution < -0.4 is 10.1 Å². The van der Waals surface area contributed by atoms with Crippen LogP contribution in [0.2, 0.25) is 0 Å². The molecule has 0 spiro atoms. The molecule has 5 nitrogen and oxygen atoms in total. The molecule has 7 heteroatoms. The summed E-state index contributed by atoms with van der Waals surface area (Å²) in [5.41, 5.74) is -0.535. The van der Waals surface area contributed by atoms with Crippen LogP contribution in [0, 0.1) is 0 Å². The minimum absolute atomic E-state index is 0.0239. The molecule has 1 N–H and O–H groups in total. The van der Waals surface area contributed by atoms with Gasteiger partial charge in [-0.25, -0.2) is 4.79 Å². The lowest BCUT2D eigenvalue weighted by Gasteiger charge is -2.25. The molecule has 122 valence electrons. The first-order chi connectivity index (χ1) is 10.1. The molecule has 1 rings (SSSR count). The lowest BCUT2D eigenvalue weighted by atomic mass is 10.1. The van der Waals surface area contributed by atoms with Crippen LogP contribution in [0.1, 0.15) is 39.4 Å². The molecule has 0 radical (unpaired) electrons. The van der Waals surface area contributed by atoms with E-state index in [1.807, 2.05) is 0 Å². The largest absolute Gasteiger partial charge is 0.456 e. The van der Waals surface area contributed by atoms with Gasteiger partial charge in [0.25, 0.3) is 0 Å². The Morgan fingerprint density at radius 1 is 1.18 bits per heavy atom. The predicted octanol–water partition coefficient (Wildman–Crippen LogP) is 2.81. The number of carbonyl (C=O) groups is 2. The fourth-order valence-electron chi connectivity index (χ4n) is 1.79. The van der Waals surface area contributed by atoms with E-state index < -0.39 is 24.2 Å². The van der Waals surface area contributed by atoms with Gasteiger partial charge < -0.3 is 14.8 Å². The van der Waals surface area contributed by atoms with E-state index in [9.17, 15) is 18.4 Å². The van der Waals surface area contributed by atoms with Gasteiger partial charge in [-0.3, -0.25) is 4.79 Å². The molecule has 0 aliphatic carbocycles. The number of nitrogens with one attached hydrogen (secondary N) is 1. The summed E-state index contributed by atoms with van der Waals surface area (Å²) in [6.45, 7) is 3.12. The minimum atomic E-state index is -2.89. The molecule has 1 atom stereocenters. The van der Waals surface area contributed by atoms with Gasteiger partial charge >= 0.3 is 12.6 Å². The number of hydrogen-bond acceptors (Lipinski definition) is 4. The Kier molecular flexibility index (Phi) is 5.84.